The molecule has 13 heteroatoms. The van der Waals surface area contributed by atoms with Crippen LogP contribution < -0.4 is 20.9 Å². The van der Waals surface area contributed by atoms with Gasteiger partial charge in [0.2, 0.25) is 5.91 Å². The number of carbonyl (C=O) groups is 2. The third-order valence-corrected chi connectivity index (χ3v) is 5.83. The van der Waals surface area contributed by atoms with E-state index in [9.17, 15) is 9.59 Å². The van der Waals surface area contributed by atoms with Crippen molar-refractivity contribution in [3.8, 4) is 0 Å². The highest BCUT2D eigenvalue weighted by Gasteiger charge is 2.27. The summed E-state index contributed by atoms with van der Waals surface area (Å²) in [6, 6.07) is 0.407. The fourth-order valence-corrected chi connectivity index (χ4v) is 4.25. The highest BCUT2D eigenvalue weighted by atomic mass is 79.9. The summed E-state index contributed by atoms with van der Waals surface area (Å²) in [4.78, 5) is 34.4. The molecule has 168 valence electrons. The predicted octanol–water partition coefficient (Wildman–Crippen LogP) is -0.133. The number of hydrogen-bond acceptors (Lipinski definition) is 9. The Bertz CT molecular complexity index is 947. The number of morpholine rings is 1. The highest BCUT2D eigenvalue weighted by molar-refractivity contribution is 9.10. The van der Waals surface area contributed by atoms with Crippen LogP contribution >= 0.6 is 15.9 Å². The van der Waals surface area contributed by atoms with E-state index in [0.29, 0.717) is 68.8 Å². The number of hydrogen-bond donors (Lipinski definition) is 2. The molecule has 0 aliphatic carbocycles. The first-order chi connectivity index (χ1) is 14.9. The van der Waals surface area contributed by atoms with E-state index in [4.69, 9.17) is 14.9 Å². The number of primary amides is 1. The van der Waals surface area contributed by atoms with Crippen LogP contribution in [0.15, 0.2) is 15.3 Å². The molecule has 31 heavy (non-hydrogen) atoms. The Kier molecular flexibility index (Phi) is 6.43. The van der Waals surface area contributed by atoms with Gasteiger partial charge in [-0.1, -0.05) is 0 Å². The molecular weight excluding hydrogens is 472 g/mol. The number of aryl methyl sites for hydroxylation is 1. The summed E-state index contributed by atoms with van der Waals surface area (Å²) in [6.45, 7) is 5.50. The summed E-state index contributed by atoms with van der Waals surface area (Å²) >= 11 is 3.44. The molecule has 2 fully saturated rings. The van der Waals surface area contributed by atoms with E-state index in [-0.39, 0.29) is 24.1 Å². The van der Waals surface area contributed by atoms with Gasteiger partial charge in [-0.2, -0.15) is 10.1 Å². The lowest BCUT2D eigenvalue weighted by Crippen LogP contribution is -2.49. The molecule has 2 aliphatic rings. The molecule has 2 aromatic rings. The molecule has 0 saturated carbocycles. The molecule has 4 heterocycles. The lowest BCUT2D eigenvalue weighted by Gasteiger charge is -2.35. The second-order valence-electron chi connectivity index (χ2n) is 7.41. The maximum atomic E-state index is 12.9. The van der Waals surface area contributed by atoms with Crippen molar-refractivity contribution in [2.75, 3.05) is 74.1 Å². The number of anilines is 3. The number of carbonyl (C=O) groups excluding carboxylic acids is 2. The average Bonchev–Trinajstić information content (AvgIpc) is 3.34. The number of oxazole rings is 1. The number of rotatable bonds is 6. The Morgan fingerprint density at radius 2 is 1.87 bits per heavy atom. The van der Waals surface area contributed by atoms with Crippen molar-refractivity contribution in [2.45, 2.75) is 0 Å². The maximum Gasteiger partial charge on any atom is 0.298 e. The van der Waals surface area contributed by atoms with Gasteiger partial charge in [-0.15, -0.1) is 0 Å². The molecule has 2 saturated heterocycles. The Morgan fingerprint density at radius 1 is 1.16 bits per heavy atom. The van der Waals surface area contributed by atoms with Crippen LogP contribution in [0.2, 0.25) is 0 Å². The molecule has 2 amide bonds. The van der Waals surface area contributed by atoms with E-state index in [1.54, 1.807) is 4.68 Å². The van der Waals surface area contributed by atoms with Crippen LogP contribution in [0.25, 0.3) is 0 Å². The molecule has 4 rings (SSSR count). The molecule has 0 spiro atoms. The number of ether oxygens (including phenoxy) is 1. The van der Waals surface area contributed by atoms with E-state index in [0.717, 1.165) is 5.82 Å². The zero-order valence-corrected chi connectivity index (χ0v) is 18.8. The van der Waals surface area contributed by atoms with Crippen LogP contribution in [0.3, 0.4) is 0 Å². The van der Waals surface area contributed by atoms with Gasteiger partial charge in [0.1, 0.15) is 12.0 Å². The van der Waals surface area contributed by atoms with Crippen molar-refractivity contribution in [1.82, 2.24) is 19.7 Å². The van der Waals surface area contributed by atoms with Crippen molar-refractivity contribution in [1.29, 1.82) is 0 Å². The quantitative estimate of drug-likeness (QED) is 0.560. The van der Waals surface area contributed by atoms with Gasteiger partial charge < -0.3 is 30.0 Å². The largest absolute Gasteiger partial charge is 0.431 e. The van der Waals surface area contributed by atoms with Crippen LogP contribution in [0, 0.1) is 0 Å². The normalized spacial score (nSPS) is 17.7. The summed E-state index contributed by atoms with van der Waals surface area (Å²) in [7, 11) is 1.82. The highest BCUT2D eigenvalue weighted by Crippen LogP contribution is 2.34. The Morgan fingerprint density at radius 3 is 2.55 bits per heavy atom. The summed E-state index contributed by atoms with van der Waals surface area (Å²) in [6.07, 6.45) is 1.35. The van der Waals surface area contributed by atoms with Crippen molar-refractivity contribution in [2.24, 2.45) is 12.8 Å². The maximum absolute atomic E-state index is 12.9. The smallest absolute Gasteiger partial charge is 0.298 e. The van der Waals surface area contributed by atoms with E-state index in [1.807, 2.05) is 16.8 Å². The molecule has 0 aromatic carbocycles. The summed E-state index contributed by atoms with van der Waals surface area (Å²) in [5, 5.41) is 7.31. The number of halogens is 1. The SMILES string of the molecule is Cn1nc(Br)c(NC(=O)c2coc(N3CCOCC3)n2)c1N1CCN(CC(N)=O)CC1. The average molecular weight is 497 g/mol. The number of aromatic nitrogens is 3. The first kappa shape index (κ1) is 21.6. The molecule has 2 aromatic heterocycles. The molecule has 0 unspecified atom stereocenters. The molecule has 0 bridgehead atoms. The van der Waals surface area contributed by atoms with Crippen molar-refractivity contribution < 1.29 is 18.7 Å². The summed E-state index contributed by atoms with van der Waals surface area (Å²) in [5.74, 6) is 0.0511. The molecule has 2 aliphatic heterocycles. The van der Waals surface area contributed by atoms with Crippen molar-refractivity contribution in [3.63, 3.8) is 0 Å². The van der Waals surface area contributed by atoms with Gasteiger partial charge in [-0.05, 0) is 15.9 Å². The lowest BCUT2D eigenvalue weighted by atomic mass is 10.3. The third kappa shape index (κ3) is 4.83. The Balaban J connectivity index is 1.46. The molecular formula is C18H25BrN8O4. The van der Waals surface area contributed by atoms with Crippen molar-refractivity contribution in [3.05, 3.63) is 16.6 Å². The van der Waals surface area contributed by atoms with Gasteiger partial charge in [-0.3, -0.25) is 14.5 Å². The van der Waals surface area contributed by atoms with Gasteiger partial charge in [-0.25, -0.2) is 4.68 Å². The number of amides is 2. The van der Waals surface area contributed by atoms with Gasteiger partial charge in [0.15, 0.2) is 16.1 Å². The Labute approximate surface area is 187 Å². The first-order valence-corrected chi connectivity index (χ1v) is 10.8. The number of nitrogens with zero attached hydrogens (tertiary/aromatic N) is 6. The number of nitrogens with one attached hydrogen (secondary N) is 1. The monoisotopic (exact) mass is 496 g/mol. The van der Waals surface area contributed by atoms with E-state index < -0.39 is 0 Å². The van der Waals surface area contributed by atoms with E-state index in [2.05, 4.69) is 36.2 Å². The van der Waals surface area contributed by atoms with E-state index in [1.165, 1.54) is 6.26 Å². The summed E-state index contributed by atoms with van der Waals surface area (Å²) in [5.41, 5.74) is 6.05. The third-order valence-electron chi connectivity index (χ3n) is 5.27. The van der Waals surface area contributed by atoms with Crippen LogP contribution in [-0.4, -0.2) is 90.5 Å². The van der Waals surface area contributed by atoms with Crippen molar-refractivity contribution >= 4 is 45.3 Å². The minimum absolute atomic E-state index is 0.189. The lowest BCUT2D eigenvalue weighted by molar-refractivity contribution is -0.119. The first-order valence-electron chi connectivity index (χ1n) is 10.00. The van der Waals surface area contributed by atoms with Gasteiger partial charge >= 0.3 is 0 Å². The summed E-state index contributed by atoms with van der Waals surface area (Å²) < 4.78 is 13.1. The number of nitrogens with two attached hydrogens (primary N) is 1. The second kappa shape index (κ2) is 9.24. The van der Waals surface area contributed by atoms with Gasteiger partial charge in [0.05, 0.1) is 19.8 Å². The topological polar surface area (TPSA) is 135 Å². The fraction of sp³-hybridized carbons (Fsp3) is 0.556. The van der Waals surface area contributed by atoms with Gasteiger partial charge in [0.25, 0.3) is 11.9 Å². The molecule has 0 atom stereocenters. The minimum Gasteiger partial charge on any atom is -0.431 e. The second-order valence-corrected chi connectivity index (χ2v) is 8.16. The zero-order chi connectivity index (χ0) is 22.0. The van der Waals surface area contributed by atoms with Crippen LogP contribution in [0.4, 0.5) is 17.5 Å². The Hall–Kier alpha value is -2.64. The van der Waals surface area contributed by atoms with Crippen LogP contribution in [0.5, 0.6) is 0 Å². The van der Waals surface area contributed by atoms with E-state index >= 15 is 0 Å². The molecule has 0 radical (unpaired) electrons. The molecule has 3 N–H and O–H groups in total. The van der Waals surface area contributed by atoms with Gasteiger partial charge in [0, 0.05) is 46.3 Å². The van der Waals surface area contributed by atoms with Crippen LogP contribution in [0.1, 0.15) is 10.5 Å². The standard InChI is InChI=1S/C18H25BrN8O4/c1-24-17(26-4-2-25(3-5-26)10-13(20)28)14(15(19)23-24)22-16(29)12-11-31-18(21-12)27-6-8-30-9-7-27/h11H,2-10H2,1H3,(H2,20,28)(H,22,29). The molecule has 12 nitrogen and oxygen atoms in total. The zero-order valence-electron chi connectivity index (χ0n) is 17.2. The minimum atomic E-state index is -0.384. The van der Waals surface area contributed by atoms with Crippen LogP contribution in [-0.2, 0) is 16.6 Å². The number of piperazine rings is 1. The fourth-order valence-electron chi connectivity index (χ4n) is 3.74. The predicted molar refractivity (Wildman–Crippen MR) is 116 cm³/mol.